The molecule has 7 heteroatoms. The summed E-state index contributed by atoms with van der Waals surface area (Å²) in [5, 5.41) is 11.6. The number of hydrogen-bond acceptors (Lipinski definition) is 4. The van der Waals surface area contributed by atoms with Crippen molar-refractivity contribution in [2.24, 2.45) is 0 Å². The minimum absolute atomic E-state index is 0.0199. The van der Waals surface area contributed by atoms with E-state index >= 15 is 0 Å². The maximum atomic E-state index is 13.6. The number of para-hydroxylation sites is 1. The summed E-state index contributed by atoms with van der Waals surface area (Å²) >= 11 is 0. The highest BCUT2D eigenvalue weighted by atomic mass is 19.1. The molecular formula is C18H13FN4O2. The Hall–Kier alpha value is -3.48. The Labute approximate surface area is 141 Å². The Morgan fingerprint density at radius 3 is 2.92 bits per heavy atom. The van der Waals surface area contributed by atoms with Crippen molar-refractivity contribution >= 4 is 22.6 Å². The number of rotatable bonds is 4. The first-order valence-electron chi connectivity index (χ1n) is 7.63. The van der Waals surface area contributed by atoms with Crippen molar-refractivity contribution in [1.29, 1.82) is 0 Å². The molecule has 4 rings (SSSR count). The lowest BCUT2D eigenvalue weighted by atomic mass is 10.1. The number of nitrogens with one attached hydrogen (secondary N) is 1. The largest absolute Gasteiger partial charge is 0.356 e. The lowest BCUT2D eigenvalue weighted by molar-refractivity contribution is -0.115. The maximum Gasteiger partial charge on any atom is 0.230 e. The smallest absolute Gasteiger partial charge is 0.230 e. The standard InChI is InChI=1S/C18H13FN4O2/c19-12-6-7-16(23-9-3-8-20-23)15(10-12)21-18(24)11-14-13-4-1-2-5-17(13)25-22-14/h1-10H,11H2,(H,21,24). The van der Waals surface area contributed by atoms with Crippen LogP contribution < -0.4 is 5.32 Å². The molecule has 4 aromatic rings. The maximum absolute atomic E-state index is 13.6. The molecule has 2 heterocycles. The third-order valence-electron chi connectivity index (χ3n) is 3.76. The molecule has 0 atom stereocenters. The van der Waals surface area contributed by atoms with Crippen molar-refractivity contribution in [2.75, 3.05) is 5.32 Å². The Kier molecular flexibility index (Phi) is 3.74. The van der Waals surface area contributed by atoms with Gasteiger partial charge in [-0.25, -0.2) is 9.07 Å². The van der Waals surface area contributed by atoms with Crippen molar-refractivity contribution in [3.63, 3.8) is 0 Å². The van der Waals surface area contributed by atoms with Gasteiger partial charge in [-0.15, -0.1) is 0 Å². The predicted octanol–water partition coefficient (Wildman–Crippen LogP) is 3.33. The SMILES string of the molecule is O=C(Cc1noc2ccccc12)Nc1cc(F)ccc1-n1cccn1. The van der Waals surface area contributed by atoms with E-state index in [0.29, 0.717) is 22.7 Å². The average Bonchev–Trinajstić information content (AvgIpc) is 3.26. The predicted molar refractivity (Wildman–Crippen MR) is 89.9 cm³/mol. The van der Waals surface area contributed by atoms with Crippen molar-refractivity contribution in [3.8, 4) is 5.69 Å². The monoisotopic (exact) mass is 336 g/mol. The van der Waals surface area contributed by atoms with Gasteiger partial charge in [0, 0.05) is 17.8 Å². The van der Waals surface area contributed by atoms with Gasteiger partial charge in [0.05, 0.1) is 17.8 Å². The Bertz CT molecular complexity index is 1040. The molecule has 6 nitrogen and oxygen atoms in total. The molecule has 0 fully saturated rings. The molecular weight excluding hydrogens is 323 g/mol. The molecule has 2 aromatic carbocycles. The van der Waals surface area contributed by atoms with Gasteiger partial charge in [0.1, 0.15) is 11.5 Å². The van der Waals surface area contributed by atoms with E-state index in [1.807, 2.05) is 18.2 Å². The van der Waals surface area contributed by atoms with Gasteiger partial charge in [-0.2, -0.15) is 5.10 Å². The second kappa shape index (κ2) is 6.20. The van der Waals surface area contributed by atoms with Crippen LogP contribution in [-0.4, -0.2) is 20.8 Å². The fraction of sp³-hybridized carbons (Fsp3) is 0.0556. The van der Waals surface area contributed by atoms with Crippen molar-refractivity contribution in [3.05, 3.63) is 72.4 Å². The summed E-state index contributed by atoms with van der Waals surface area (Å²) in [7, 11) is 0. The van der Waals surface area contributed by atoms with E-state index in [1.165, 1.54) is 12.1 Å². The minimum Gasteiger partial charge on any atom is -0.356 e. The molecule has 25 heavy (non-hydrogen) atoms. The number of benzene rings is 2. The molecule has 0 unspecified atom stereocenters. The van der Waals surface area contributed by atoms with Crippen LogP contribution in [0, 0.1) is 5.82 Å². The van der Waals surface area contributed by atoms with Gasteiger partial charge in [-0.3, -0.25) is 4.79 Å². The van der Waals surface area contributed by atoms with Gasteiger partial charge in [0.2, 0.25) is 5.91 Å². The summed E-state index contributed by atoms with van der Waals surface area (Å²) in [4.78, 5) is 12.4. The van der Waals surface area contributed by atoms with Crippen LogP contribution in [0.1, 0.15) is 5.69 Å². The molecule has 0 aliphatic carbocycles. The van der Waals surface area contributed by atoms with Crippen LogP contribution in [0.5, 0.6) is 0 Å². The number of fused-ring (bicyclic) bond motifs is 1. The number of hydrogen-bond donors (Lipinski definition) is 1. The zero-order chi connectivity index (χ0) is 17.2. The summed E-state index contributed by atoms with van der Waals surface area (Å²) in [5.41, 5.74) is 2.06. The Morgan fingerprint density at radius 2 is 2.08 bits per heavy atom. The Balaban J connectivity index is 1.60. The van der Waals surface area contributed by atoms with Crippen LogP contribution in [0.3, 0.4) is 0 Å². The van der Waals surface area contributed by atoms with E-state index in [1.54, 1.807) is 35.3 Å². The molecule has 0 radical (unpaired) electrons. The summed E-state index contributed by atoms with van der Waals surface area (Å²) < 4.78 is 20.4. The molecule has 0 saturated carbocycles. The number of anilines is 1. The highest BCUT2D eigenvalue weighted by Gasteiger charge is 2.14. The fourth-order valence-electron chi connectivity index (χ4n) is 2.63. The number of carbonyl (C=O) groups is 1. The normalized spacial score (nSPS) is 10.9. The van der Waals surface area contributed by atoms with Crippen molar-refractivity contribution in [2.45, 2.75) is 6.42 Å². The third-order valence-corrected chi connectivity index (χ3v) is 3.76. The van der Waals surface area contributed by atoms with Crippen LogP contribution in [0.2, 0.25) is 0 Å². The van der Waals surface area contributed by atoms with Gasteiger partial charge in [0.25, 0.3) is 0 Å². The van der Waals surface area contributed by atoms with Crippen molar-refractivity contribution < 1.29 is 13.7 Å². The van der Waals surface area contributed by atoms with E-state index in [4.69, 9.17) is 4.52 Å². The minimum atomic E-state index is -0.446. The molecule has 0 spiro atoms. The first-order chi connectivity index (χ1) is 12.2. The molecule has 1 amide bonds. The number of halogens is 1. The van der Waals surface area contributed by atoms with Gasteiger partial charge in [-0.1, -0.05) is 17.3 Å². The number of nitrogens with zero attached hydrogens (tertiary/aromatic N) is 3. The van der Waals surface area contributed by atoms with E-state index in [9.17, 15) is 9.18 Å². The molecule has 124 valence electrons. The van der Waals surface area contributed by atoms with Crippen LogP contribution in [0.15, 0.2) is 65.4 Å². The summed E-state index contributed by atoms with van der Waals surface area (Å²) in [6.45, 7) is 0. The van der Waals surface area contributed by atoms with E-state index in [0.717, 1.165) is 5.39 Å². The first-order valence-corrected chi connectivity index (χ1v) is 7.63. The quantitative estimate of drug-likeness (QED) is 0.620. The van der Waals surface area contributed by atoms with E-state index in [-0.39, 0.29) is 12.3 Å². The zero-order valence-corrected chi connectivity index (χ0v) is 13.0. The summed E-state index contributed by atoms with van der Waals surface area (Å²) in [5.74, 6) is -0.767. The van der Waals surface area contributed by atoms with E-state index in [2.05, 4.69) is 15.6 Å². The van der Waals surface area contributed by atoms with Gasteiger partial charge >= 0.3 is 0 Å². The van der Waals surface area contributed by atoms with Gasteiger partial charge in [0.15, 0.2) is 5.58 Å². The molecule has 0 bridgehead atoms. The number of amides is 1. The summed E-state index contributed by atoms with van der Waals surface area (Å²) in [6.07, 6.45) is 3.34. The van der Waals surface area contributed by atoms with Gasteiger partial charge in [-0.05, 0) is 36.4 Å². The highest BCUT2D eigenvalue weighted by Crippen LogP contribution is 2.22. The fourth-order valence-corrected chi connectivity index (χ4v) is 2.63. The molecule has 0 saturated heterocycles. The summed E-state index contributed by atoms with van der Waals surface area (Å²) in [6, 6.07) is 13.2. The van der Waals surface area contributed by atoms with Gasteiger partial charge < -0.3 is 9.84 Å². The second-order valence-electron chi connectivity index (χ2n) is 5.46. The third kappa shape index (κ3) is 2.99. The lowest BCUT2D eigenvalue weighted by Crippen LogP contribution is -2.16. The first kappa shape index (κ1) is 15.1. The van der Waals surface area contributed by atoms with Crippen LogP contribution in [0.25, 0.3) is 16.7 Å². The molecule has 0 aliphatic rings. The molecule has 0 aliphatic heterocycles. The lowest BCUT2D eigenvalue weighted by Gasteiger charge is -2.11. The number of aromatic nitrogens is 3. The van der Waals surface area contributed by atoms with Crippen molar-refractivity contribution in [1.82, 2.24) is 14.9 Å². The highest BCUT2D eigenvalue weighted by molar-refractivity contribution is 5.96. The topological polar surface area (TPSA) is 73.0 Å². The number of carbonyl (C=O) groups excluding carboxylic acids is 1. The van der Waals surface area contributed by atoms with E-state index < -0.39 is 5.82 Å². The Morgan fingerprint density at radius 1 is 1.20 bits per heavy atom. The van der Waals surface area contributed by atoms with Crippen LogP contribution in [0.4, 0.5) is 10.1 Å². The zero-order valence-electron chi connectivity index (χ0n) is 13.0. The molecule has 2 aromatic heterocycles. The van der Waals surface area contributed by atoms with Crippen LogP contribution in [-0.2, 0) is 11.2 Å². The molecule has 1 N–H and O–H groups in total. The second-order valence-corrected chi connectivity index (χ2v) is 5.46. The van der Waals surface area contributed by atoms with Crippen LogP contribution >= 0.6 is 0 Å². The average molecular weight is 336 g/mol.